The Morgan fingerprint density at radius 2 is 1.88 bits per heavy atom. The van der Waals surface area contributed by atoms with E-state index < -0.39 is 0 Å². The van der Waals surface area contributed by atoms with E-state index in [1.54, 1.807) is 0 Å². The number of hydrogen-bond donors (Lipinski definition) is 1. The van der Waals surface area contributed by atoms with E-state index in [9.17, 15) is 0 Å². The van der Waals surface area contributed by atoms with Gasteiger partial charge in [-0.05, 0) is 37.1 Å². The lowest BCUT2D eigenvalue weighted by Gasteiger charge is -2.44. The zero-order valence-electron chi connectivity index (χ0n) is 11.7. The molecule has 4 atom stereocenters. The molecule has 2 N–H and O–H groups in total. The molecule has 96 valence electrons. The van der Waals surface area contributed by atoms with Crippen LogP contribution in [0.15, 0.2) is 0 Å². The molecule has 1 aliphatic rings. The van der Waals surface area contributed by atoms with E-state index in [4.69, 9.17) is 5.73 Å². The number of nitrogens with zero attached hydrogens (tertiary/aromatic N) is 1. The van der Waals surface area contributed by atoms with Crippen LogP contribution in [-0.4, -0.2) is 30.1 Å². The molecule has 0 saturated heterocycles. The summed E-state index contributed by atoms with van der Waals surface area (Å²) in [5, 5.41) is 0. The van der Waals surface area contributed by atoms with E-state index in [0.717, 1.165) is 24.3 Å². The third-order valence-electron chi connectivity index (χ3n) is 3.90. The Morgan fingerprint density at radius 1 is 1.25 bits per heavy atom. The van der Waals surface area contributed by atoms with Gasteiger partial charge in [0.2, 0.25) is 0 Å². The van der Waals surface area contributed by atoms with E-state index >= 15 is 0 Å². The van der Waals surface area contributed by atoms with Crippen LogP contribution in [0.5, 0.6) is 0 Å². The van der Waals surface area contributed by atoms with Crippen molar-refractivity contribution in [3.63, 3.8) is 0 Å². The second-order valence-corrected chi connectivity index (χ2v) is 6.19. The molecule has 0 aromatic carbocycles. The van der Waals surface area contributed by atoms with Crippen molar-refractivity contribution in [2.75, 3.05) is 13.1 Å². The number of hydrogen-bond acceptors (Lipinski definition) is 2. The monoisotopic (exact) mass is 226 g/mol. The maximum absolute atomic E-state index is 6.37. The Kier molecular flexibility index (Phi) is 5.26. The standard InChI is InChI=1S/C14H30N2/c1-6-16(9-10(2)3)14-12(5)7-11(4)8-13(14)15/h10-14H,6-9,15H2,1-5H3. The fourth-order valence-electron chi connectivity index (χ4n) is 3.46. The quantitative estimate of drug-likeness (QED) is 0.798. The molecule has 0 heterocycles. The highest BCUT2D eigenvalue weighted by atomic mass is 15.2. The molecular formula is C14H30N2. The van der Waals surface area contributed by atoms with Gasteiger partial charge in [-0.1, -0.05) is 34.6 Å². The fraction of sp³-hybridized carbons (Fsp3) is 1.00. The summed E-state index contributed by atoms with van der Waals surface area (Å²) in [6, 6.07) is 0.973. The van der Waals surface area contributed by atoms with Crippen molar-refractivity contribution >= 4 is 0 Å². The lowest BCUT2D eigenvalue weighted by atomic mass is 9.76. The predicted molar refractivity (Wildman–Crippen MR) is 71.4 cm³/mol. The minimum Gasteiger partial charge on any atom is -0.326 e. The van der Waals surface area contributed by atoms with Crippen LogP contribution in [0.3, 0.4) is 0 Å². The molecule has 4 unspecified atom stereocenters. The van der Waals surface area contributed by atoms with Crippen molar-refractivity contribution in [3.8, 4) is 0 Å². The molecule has 0 aromatic heterocycles. The third kappa shape index (κ3) is 3.46. The van der Waals surface area contributed by atoms with Crippen LogP contribution in [-0.2, 0) is 0 Å². The molecule has 2 nitrogen and oxygen atoms in total. The number of nitrogens with two attached hydrogens (primary N) is 1. The Hall–Kier alpha value is -0.0800. The van der Waals surface area contributed by atoms with Crippen molar-refractivity contribution in [1.82, 2.24) is 4.90 Å². The van der Waals surface area contributed by atoms with E-state index in [1.165, 1.54) is 19.4 Å². The highest BCUT2D eigenvalue weighted by Crippen LogP contribution is 2.31. The molecule has 1 aliphatic carbocycles. The Bertz CT molecular complexity index is 191. The molecule has 0 amide bonds. The zero-order valence-corrected chi connectivity index (χ0v) is 11.7. The summed E-state index contributed by atoms with van der Waals surface area (Å²) in [4.78, 5) is 2.60. The average Bonchev–Trinajstić information content (AvgIpc) is 2.13. The van der Waals surface area contributed by atoms with E-state index in [1.807, 2.05) is 0 Å². The van der Waals surface area contributed by atoms with Crippen LogP contribution in [0.2, 0.25) is 0 Å². The maximum Gasteiger partial charge on any atom is 0.0272 e. The first-order valence-corrected chi connectivity index (χ1v) is 6.95. The van der Waals surface area contributed by atoms with Crippen LogP contribution in [0.25, 0.3) is 0 Å². The number of likely N-dealkylation sites (N-methyl/N-ethyl adjacent to an activating group) is 1. The lowest BCUT2D eigenvalue weighted by molar-refractivity contribution is 0.0704. The van der Waals surface area contributed by atoms with E-state index in [2.05, 4.69) is 39.5 Å². The van der Waals surface area contributed by atoms with Crippen molar-refractivity contribution in [3.05, 3.63) is 0 Å². The molecule has 1 fully saturated rings. The molecule has 1 saturated carbocycles. The predicted octanol–water partition coefficient (Wildman–Crippen LogP) is 2.73. The largest absolute Gasteiger partial charge is 0.326 e. The second kappa shape index (κ2) is 6.02. The Balaban J connectivity index is 2.67. The van der Waals surface area contributed by atoms with Crippen LogP contribution in [0, 0.1) is 17.8 Å². The van der Waals surface area contributed by atoms with Gasteiger partial charge in [0.25, 0.3) is 0 Å². The van der Waals surface area contributed by atoms with E-state index in [0.29, 0.717) is 12.1 Å². The average molecular weight is 226 g/mol. The van der Waals surface area contributed by atoms with Crippen molar-refractivity contribution < 1.29 is 0 Å². The van der Waals surface area contributed by atoms with Crippen LogP contribution in [0.1, 0.15) is 47.5 Å². The van der Waals surface area contributed by atoms with E-state index in [-0.39, 0.29) is 0 Å². The Morgan fingerprint density at radius 3 is 2.31 bits per heavy atom. The first-order chi connectivity index (χ1) is 7.45. The second-order valence-electron chi connectivity index (χ2n) is 6.19. The van der Waals surface area contributed by atoms with Crippen LogP contribution in [0.4, 0.5) is 0 Å². The molecular weight excluding hydrogens is 196 g/mol. The van der Waals surface area contributed by atoms with Gasteiger partial charge in [0.1, 0.15) is 0 Å². The molecule has 2 heteroatoms. The first kappa shape index (κ1) is 14.0. The molecule has 0 spiro atoms. The molecule has 1 rings (SSSR count). The summed E-state index contributed by atoms with van der Waals surface area (Å²) in [6.07, 6.45) is 2.54. The summed E-state index contributed by atoms with van der Waals surface area (Å²) >= 11 is 0. The SMILES string of the molecule is CCN(CC(C)C)C1C(C)CC(C)CC1N. The molecule has 0 aromatic rings. The smallest absolute Gasteiger partial charge is 0.0272 e. The van der Waals surface area contributed by atoms with Gasteiger partial charge in [-0.25, -0.2) is 0 Å². The zero-order chi connectivity index (χ0) is 12.3. The topological polar surface area (TPSA) is 29.3 Å². The molecule has 16 heavy (non-hydrogen) atoms. The summed E-state index contributed by atoms with van der Waals surface area (Å²) in [6.45, 7) is 13.9. The van der Waals surface area contributed by atoms with Crippen LogP contribution >= 0.6 is 0 Å². The third-order valence-corrected chi connectivity index (χ3v) is 3.90. The van der Waals surface area contributed by atoms with Gasteiger partial charge in [0.05, 0.1) is 0 Å². The normalized spacial score (nSPS) is 36.0. The highest BCUT2D eigenvalue weighted by molar-refractivity contribution is 4.92. The van der Waals surface area contributed by atoms with Crippen LogP contribution < -0.4 is 5.73 Å². The fourth-order valence-corrected chi connectivity index (χ4v) is 3.46. The van der Waals surface area contributed by atoms with Gasteiger partial charge >= 0.3 is 0 Å². The van der Waals surface area contributed by atoms with Gasteiger partial charge in [-0.15, -0.1) is 0 Å². The minimum absolute atomic E-state index is 0.373. The minimum atomic E-state index is 0.373. The lowest BCUT2D eigenvalue weighted by Crippen LogP contribution is -2.55. The van der Waals surface area contributed by atoms with Crippen molar-refractivity contribution in [1.29, 1.82) is 0 Å². The van der Waals surface area contributed by atoms with Crippen molar-refractivity contribution in [2.45, 2.75) is 59.5 Å². The summed E-state index contributed by atoms with van der Waals surface area (Å²) < 4.78 is 0. The summed E-state index contributed by atoms with van der Waals surface area (Å²) in [5.41, 5.74) is 6.37. The maximum atomic E-state index is 6.37. The van der Waals surface area contributed by atoms with Gasteiger partial charge in [0, 0.05) is 18.6 Å². The van der Waals surface area contributed by atoms with Crippen molar-refractivity contribution in [2.24, 2.45) is 23.5 Å². The highest BCUT2D eigenvalue weighted by Gasteiger charge is 2.35. The summed E-state index contributed by atoms with van der Waals surface area (Å²) in [5.74, 6) is 2.29. The number of rotatable bonds is 4. The van der Waals surface area contributed by atoms with Gasteiger partial charge < -0.3 is 5.73 Å². The Labute approximate surface area is 102 Å². The van der Waals surface area contributed by atoms with Gasteiger partial charge in [-0.3, -0.25) is 4.90 Å². The molecule has 0 radical (unpaired) electrons. The molecule has 0 aliphatic heterocycles. The first-order valence-electron chi connectivity index (χ1n) is 6.95. The van der Waals surface area contributed by atoms with Gasteiger partial charge in [0.15, 0.2) is 0 Å². The molecule has 0 bridgehead atoms. The summed E-state index contributed by atoms with van der Waals surface area (Å²) in [7, 11) is 0. The van der Waals surface area contributed by atoms with Gasteiger partial charge in [-0.2, -0.15) is 0 Å².